The van der Waals surface area contributed by atoms with Crippen molar-refractivity contribution in [2.45, 2.75) is 18.9 Å². The van der Waals surface area contributed by atoms with Gasteiger partial charge in [-0.2, -0.15) is 0 Å². The highest BCUT2D eigenvalue weighted by Crippen LogP contribution is 2.42. The van der Waals surface area contributed by atoms with Crippen LogP contribution in [0.2, 0.25) is 5.02 Å². The Labute approximate surface area is 226 Å². The second-order valence-electron chi connectivity index (χ2n) is 9.77. The lowest BCUT2D eigenvalue weighted by molar-refractivity contribution is 0.0261. The number of likely N-dealkylation sites (N-methyl/N-ethyl adjacent to an activating group) is 1. The number of aromatic nitrogens is 2. The molecule has 0 spiro atoms. The third-order valence-electron chi connectivity index (χ3n) is 7.12. The summed E-state index contributed by atoms with van der Waals surface area (Å²) in [7, 11) is 2.16. The Morgan fingerprint density at radius 2 is 1.82 bits per heavy atom. The Bertz CT molecular complexity index is 1280. The molecule has 4 heterocycles. The van der Waals surface area contributed by atoms with Gasteiger partial charge in [-0.1, -0.05) is 11.6 Å². The normalized spacial score (nSPS) is 18.6. The van der Waals surface area contributed by atoms with Crippen molar-refractivity contribution < 1.29 is 23.7 Å². The Kier molecular flexibility index (Phi) is 7.55. The number of anilines is 2. The molecule has 202 valence electrons. The molecule has 0 aliphatic carbocycles. The molecular formula is C27H32ClN5O5. The Balaban J connectivity index is 1.27. The van der Waals surface area contributed by atoms with Crippen molar-refractivity contribution in [2.24, 2.45) is 0 Å². The number of benzene rings is 2. The van der Waals surface area contributed by atoms with Gasteiger partial charge in [0.15, 0.2) is 11.5 Å². The van der Waals surface area contributed by atoms with Gasteiger partial charge < -0.3 is 33.9 Å². The Morgan fingerprint density at radius 3 is 2.63 bits per heavy atom. The largest absolute Gasteiger partial charge is 0.492 e. The first kappa shape index (κ1) is 25.2. The lowest BCUT2D eigenvalue weighted by Gasteiger charge is -2.32. The first-order chi connectivity index (χ1) is 18.6. The number of fused-ring (bicyclic) bond motifs is 2. The zero-order chi connectivity index (χ0) is 25.9. The molecule has 10 nitrogen and oxygen atoms in total. The number of rotatable bonds is 8. The SMILES string of the molecule is CN1CCN(CCOc2cc(OC3CCOCC3)c3c(Nc4cc5c(cc4Cl)OCO5)ncnc3c2)CC1. The van der Waals surface area contributed by atoms with E-state index in [2.05, 4.69) is 32.1 Å². The van der Waals surface area contributed by atoms with Crippen LogP contribution in [0.15, 0.2) is 30.6 Å². The molecule has 2 fully saturated rings. The van der Waals surface area contributed by atoms with E-state index in [-0.39, 0.29) is 12.9 Å². The minimum absolute atomic E-state index is 0.0368. The highest BCUT2D eigenvalue weighted by atomic mass is 35.5. The average molecular weight is 542 g/mol. The third kappa shape index (κ3) is 5.68. The fourth-order valence-corrected chi connectivity index (χ4v) is 5.08. The number of hydrogen-bond donors (Lipinski definition) is 1. The van der Waals surface area contributed by atoms with Gasteiger partial charge in [-0.05, 0) is 7.05 Å². The summed E-state index contributed by atoms with van der Waals surface area (Å²) in [6, 6.07) is 7.43. The van der Waals surface area contributed by atoms with Crippen LogP contribution in [0, 0.1) is 0 Å². The van der Waals surface area contributed by atoms with Gasteiger partial charge in [0.25, 0.3) is 0 Å². The lowest BCUT2D eigenvalue weighted by atomic mass is 10.1. The molecule has 3 aromatic rings. The molecule has 0 bridgehead atoms. The van der Waals surface area contributed by atoms with E-state index in [1.165, 1.54) is 6.33 Å². The zero-order valence-corrected chi connectivity index (χ0v) is 22.2. The zero-order valence-electron chi connectivity index (χ0n) is 21.5. The van der Waals surface area contributed by atoms with Crippen LogP contribution in [0.4, 0.5) is 11.5 Å². The molecule has 0 atom stereocenters. The topological polar surface area (TPSA) is 90.4 Å². The molecule has 38 heavy (non-hydrogen) atoms. The van der Waals surface area contributed by atoms with Crippen molar-refractivity contribution in [3.8, 4) is 23.0 Å². The van der Waals surface area contributed by atoms with Gasteiger partial charge in [0, 0.05) is 69.8 Å². The molecule has 6 rings (SSSR count). The number of nitrogens with one attached hydrogen (secondary N) is 1. The van der Waals surface area contributed by atoms with Gasteiger partial charge in [0.05, 0.1) is 34.8 Å². The second-order valence-corrected chi connectivity index (χ2v) is 10.2. The molecular weight excluding hydrogens is 510 g/mol. The number of nitrogens with zero attached hydrogens (tertiary/aromatic N) is 4. The average Bonchev–Trinajstić information content (AvgIpc) is 3.38. The molecule has 2 saturated heterocycles. The van der Waals surface area contributed by atoms with Crippen LogP contribution in [0.3, 0.4) is 0 Å². The fourth-order valence-electron chi connectivity index (χ4n) is 4.88. The monoisotopic (exact) mass is 541 g/mol. The van der Waals surface area contributed by atoms with E-state index < -0.39 is 0 Å². The van der Waals surface area contributed by atoms with Crippen molar-refractivity contribution in [1.29, 1.82) is 0 Å². The number of halogens is 1. The maximum absolute atomic E-state index is 6.55. The molecule has 0 amide bonds. The summed E-state index contributed by atoms with van der Waals surface area (Å²) in [5.74, 6) is 3.23. The summed E-state index contributed by atoms with van der Waals surface area (Å²) in [6.45, 7) is 7.28. The molecule has 2 aromatic carbocycles. The third-order valence-corrected chi connectivity index (χ3v) is 7.44. The van der Waals surface area contributed by atoms with E-state index in [1.807, 2.05) is 18.2 Å². The van der Waals surface area contributed by atoms with Gasteiger partial charge in [-0.3, -0.25) is 4.90 Å². The van der Waals surface area contributed by atoms with Gasteiger partial charge in [-0.25, -0.2) is 9.97 Å². The maximum atomic E-state index is 6.55. The van der Waals surface area contributed by atoms with E-state index in [9.17, 15) is 0 Å². The number of hydrogen-bond acceptors (Lipinski definition) is 10. The molecule has 11 heteroatoms. The van der Waals surface area contributed by atoms with Crippen molar-refractivity contribution in [3.05, 3.63) is 35.6 Å². The first-order valence-electron chi connectivity index (χ1n) is 13.1. The molecule has 1 N–H and O–H groups in total. The molecule has 3 aliphatic heterocycles. The van der Waals surface area contributed by atoms with E-state index in [0.29, 0.717) is 53.6 Å². The van der Waals surface area contributed by atoms with Crippen LogP contribution in [0.5, 0.6) is 23.0 Å². The van der Waals surface area contributed by atoms with Gasteiger partial charge >= 0.3 is 0 Å². The van der Waals surface area contributed by atoms with Gasteiger partial charge in [0.2, 0.25) is 6.79 Å². The number of piperazine rings is 1. The summed E-state index contributed by atoms with van der Waals surface area (Å²) in [5.41, 5.74) is 1.37. The molecule has 0 unspecified atom stereocenters. The molecule has 1 aromatic heterocycles. The summed E-state index contributed by atoms with van der Waals surface area (Å²) >= 11 is 6.55. The van der Waals surface area contributed by atoms with Crippen molar-refractivity contribution in [1.82, 2.24) is 19.8 Å². The summed E-state index contributed by atoms with van der Waals surface area (Å²) in [5, 5.41) is 4.62. The van der Waals surface area contributed by atoms with E-state index in [4.69, 9.17) is 35.3 Å². The van der Waals surface area contributed by atoms with E-state index in [1.54, 1.807) is 6.07 Å². The fraction of sp³-hybridized carbons (Fsp3) is 0.481. The Morgan fingerprint density at radius 1 is 1.03 bits per heavy atom. The van der Waals surface area contributed by atoms with E-state index in [0.717, 1.165) is 62.2 Å². The predicted molar refractivity (Wildman–Crippen MR) is 144 cm³/mol. The smallest absolute Gasteiger partial charge is 0.231 e. The summed E-state index contributed by atoms with van der Waals surface area (Å²) < 4.78 is 29.2. The minimum Gasteiger partial charge on any atom is -0.492 e. The lowest BCUT2D eigenvalue weighted by Crippen LogP contribution is -2.45. The van der Waals surface area contributed by atoms with Crippen LogP contribution < -0.4 is 24.3 Å². The first-order valence-corrected chi connectivity index (χ1v) is 13.4. The number of ether oxygens (including phenoxy) is 5. The quantitative estimate of drug-likeness (QED) is 0.452. The van der Waals surface area contributed by atoms with Crippen LogP contribution in [0.25, 0.3) is 10.9 Å². The van der Waals surface area contributed by atoms with Crippen molar-refractivity contribution in [2.75, 3.05) is 71.7 Å². The predicted octanol–water partition coefficient (Wildman–Crippen LogP) is 3.94. The van der Waals surface area contributed by atoms with Crippen molar-refractivity contribution >= 4 is 34.0 Å². The van der Waals surface area contributed by atoms with E-state index >= 15 is 0 Å². The van der Waals surface area contributed by atoms with Crippen LogP contribution in [0.1, 0.15) is 12.8 Å². The standard InChI is InChI=1S/C27H32ClN5O5/c1-32-4-6-33(7-5-32)8-11-35-19-12-22-26(25(13-19)38-18-2-9-34-10-3-18)27(30-16-29-22)31-21-15-24-23(14-20(21)28)36-17-37-24/h12-16,18H,2-11,17H2,1H3,(H,29,30,31). The van der Waals surface area contributed by atoms with Gasteiger partial charge in [0.1, 0.15) is 36.4 Å². The van der Waals surface area contributed by atoms with Crippen LogP contribution in [-0.2, 0) is 4.74 Å². The minimum atomic E-state index is 0.0368. The molecule has 0 radical (unpaired) electrons. The van der Waals surface area contributed by atoms with Gasteiger partial charge in [-0.15, -0.1) is 0 Å². The Hall–Kier alpha value is -3.05. The summed E-state index contributed by atoms with van der Waals surface area (Å²) in [6.07, 6.45) is 3.20. The summed E-state index contributed by atoms with van der Waals surface area (Å²) in [4.78, 5) is 13.9. The van der Waals surface area contributed by atoms with Crippen molar-refractivity contribution in [3.63, 3.8) is 0 Å². The molecule has 3 aliphatic rings. The maximum Gasteiger partial charge on any atom is 0.231 e. The van der Waals surface area contributed by atoms with Crippen LogP contribution in [-0.4, -0.2) is 92.3 Å². The van der Waals surface area contributed by atoms with Crippen LogP contribution >= 0.6 is 11.6 Å². The highest BCUT2D eigenvalue weighted by molar-refractivity contribution is 6.33. The second kappa shape index (κ2) is 11.4. The molecule has 0 saturated carbocycles. The highest BCUT2D eigenvalue weighted by Gasteiger charge is 2.22.